The van der Waals surface area contributed by atoms with Crippen LogP contribution in [0.4, 0.5) is 5.69 Å². The first-order valence-corrected chi connectivity index (χ1v) is 6.26. The van der Waals surface area contributed by atoms with Gasteiger partial charge < -0.3 is 20.1 Å². The number of nitrogens with one attached hydrogen (secondary N) is 2. The lowest BCUT2D eigenvalue weighted by Gasteiger charge is -2.22. The number of benzene rings is 1. The van der Waals surface area contributed by atoms with Crippen LogP contribution in [0.1, 0.15) is 27.7 Å². The molecule has 104 valence electrons. The van der Waals surface area contributed by atoms with E-state index in [9.17, 15) is 4.79 Å². The highest BCUT2D eigenvalue weighted by Crippen LogP contribution is 2.40. The summed E-state index contributed by atoms with van der Waals surface area (Å²) in [7, 11) is 1.75. The largest absolute Gasteiger partial charge is 0.449 e. The van der Waals surface area contributed by atoms with Crippen LogP contribution in [0, 0.1) is 0 Å². The summed E-state index contributed by atoms with van der Waals surface area (Å²) in [5.41, 5.74) is 0.0590. The van der Waals surface area contributed by atoms with Gasteiger partial charge in [-0.1, -0.05) is 0 Å². The lowest BCUT2D eigenvalue weighted by Crippen LogP contribution is -2.47. The first-order valence-electron chi connectivity index (χ1n) is 6.26. The van der Waals surface area contributed by atoms with Crippen molar-refractivity contribution in [2.45, 2.75) is 39.0 Å². The minimum Gasteiger partial charge on any atom is -0.449 e. The highest BCUT2D eigenvalue weighted by atomic mass is 16.7. The first kappa shape index (κ1) is 13.7. The molecule has 1 heterocycles. The molecule has 0 spiro atoms. The van der Waals surface area contributed by atoms with Crippen molar-refractivity contribution in [2.24, 2.45) is 0 Å². The van der Waals surface area contributed by atoms with Gasteiger partial charge in [0.25, 0.3) is 0 Å². The van der Waals surface area contributed by atoms with Crippen LogP contribution in [0.25, 0.3) is 0 Å². The highest BCUT2D eigenvalue weighted by Gasteiger charge is 2.32. The molecule has 1 aromatic rings. The van der Waals surface area contributed by atoms with E-state index in [0.29, 0.717) is 17.2 Å². The molecule has 2 N–H and O–H groups in total. The van der Waals surface area contributed by atoms with Gasteiger partial charge in [-0.3, -0.25) is 4.79 Å². The number of carbonyl (C=O) groups excluding carboxylic acids is 1. The van der Waals surface area contributed by atoms with Gasteiger partial charge in [-0.2, -0.15) is 0 Å². The maximum atomic E-state index is 12.0. The smallest absolute Gasteiger partial charge is 0.246 e. The van der Waals surface area contributed by atoms with Gasteiger partial charge in [0.1, 0.15) is 0 Å². The third-order valence-electron chi connectivity index (χ3n) is 3.11. The van der Waals surface area contributed by atoms with Crippen molar-refractivity contribution in [1.82, 2.24) is 5.32 Å². The van der Waals surface area contributed by atoms with Crippen molar-refractivity contribution in [1.29, 1.82) is 0 Å². The summed E-state index contributed by atoms with van der Waals surface area (Å²) in [4.78, 5) is 12.0. The summed E-state index contributed by atoms with van der Waals surface area (Å²) in [6.07, 6.45) is 0. The zero-order chi connectivity index (χ0) is 14.3. The average molecular weight is 264 g/mol. The summed E-state index contributed by atoms with van der Waals surface area (Å²) in [5, 5.41) is 5.81. The maximum absolute atomic E-state index is 12.0. The number of likely N-dealkylation sites (N-methyl/N-ethyl adjacent to an activating group) is 1. The molecule has 5 nitrogen and oxygen atoms in total. The van der Waals surface area contributed by atoms with Gasteiger partial charge in [0, 0.05) is 25.6 Å². The quantitative estimate of drug-likeness (QED) is 0.878. The van der Waals surface area contributed by atoms with Crippen LogP contribution >= 0.6 is 0 Å². The van der Waals surface area contributed by atoms with E-state index in [-0.39, 0.29) is 5.91 Å². The molecule has 5 heteroatoms. The predicted octanol–water partition coefficient (Wildman–Crippen LogP) is 2.13. The summed E-state index contributed by atoms with van der Waals surface area (Å²) in [5.74, 6) is 0.573. The van der Waals surface area contributed by atoms with Crippen LogP contribution in [0.15, 0.2) is 18.2 Å². The zero-order valence-electron chi connectivity index (χ0n) is 12.0. The summed E-state index contributed by atoms with van der Waals surface area (Å²) >= 11 is 0. The number of anilines is 1. The Morgan fingerprint density at radius 1 is 1.21 bits per heavy atom. The van der Waals surface area contributed by atoms with Crippen molar-refractivity contribution in [3.63, 3.8) is 0 Å². The van der Waals surface area contributed by atoms with Crippen molar-refractivity contribution >= 4 is 11.6 Å². The van der Waals surface area contributed by atoms with Gasteiger partial charge in [0.2, 0.25) is 11.7 Å². The maximum Gasteiger partial charge on any atom is 0.246 e. The van der Waals surface area contributed by atoms with E-state index >= 15 is 0 Å². The molecule has 0 radical (unpaired) electrons. The molecule has 0 aromatic heterocycles. The molecule has 19 heavy (non-hydrogen) atoms. The van der Waals surface area contributed by atoms with Crippen molar-refractivity contribution in [3.8, 4) is 11.5 Å². The van der Waals surface area contributed by atoms with Gasteiger partial charge in [-0.15, -0.1) is 0 Å². The molecular formula is C14H20N2O3. The van der Waals surface area contributed by atoms with Gasteiger partial charge in [0.15, 0.2) is 11.5 Å². The fourth-order valence-corrected chi connectivity index (χ4v) is 1.70. The van der Waals surface area contributed by atoms with E-state index in [4.69, 9.17) is 9.47 Å². The Balaban J connectivity index is 2.15. The Hall–Kier alpha value is -1.75. The monoisotopic (exact) mass is 264 g/mol. The molecule has 0 atom stereocenters. The number of hydrogen-bond donors (Lipinski definition) is 2. The fraction of sp³-hybridized carbons (Fsp3) is 0.500. The standard InChI is InChI=1S/C14H20N2O3/c1-13(2,15-5)12(17)16-9-6-7-10-11(8-9)19-14(3,4)18-10/h6-8,15H,1-5H3,(H,16,17). The van der Waals surface area contributed by atoms with Gasteiger partial charge >= 0.3 is 0 Å². The summed E-state index contributed by atoms with van der Waals surface area (Å²) in [6, 6.07) is 5.37. The number of amides is 1. The van der Waals surface area contributed by atoms with Crippen LogP contribution in [-0.2, 0) is 4.79 Å². The molecule has 1 amide bonds. The molecule has 1 aromatic carbocycles. The van der Waals surface area contributed by atoms with Crippen molar-refractivity contribution < 1.29 is 14.3 Å². The average Bonchev–Trinajstić information content (AvgIpc) is 2.62. The summed E-state index contributed by atoms with van der Waals surface area (Å²) < 4.78 is 11.2. The van der Waals surface area contributed by atoms with Crippen LogP contribution < -0.4 is 20.1 Å². The minimum atomic E-state index is -0.658. The molecule has 0 bridgehead atoms. The Kier molecular flexibility index (Phi) is 3.18. The lowest BCUT2D eigenvalue weighted by molar-refractivity contribution is -0.121. The highest BCUT2D eigenvalue weighted by molar-refractivity contribution is 5.97. The second-order valence-electron chi connectivity index (χ2n) is 5.59. The molecule has 0 saturated carbocycles. The normalized spacial score (nSPS) is 16.3. The zero-order valence-corrected chi connectivity index (χ0v) is 12.0. The Bertz CT molecular complexity index is 509. The Labute approximate surface area is 113 Å². The van der Waals surface area contributed by atoms with Crippen LogP contribution in [0.5, 0.6) is 11.5 Å². The van der Waals surface area contributed by atoms with Crippen molar-refractivity contribution in [3.05, 3.63) is 18.2 Å². The topological polar surface area (TPSA) is 59.6 Å². The van der Waals surface area contributed by atoms with E-state index in [1.54, 1.807) is 25.2 Å². The third-order valence-corrected chi connectivity index (χ3v) is 3.11. The van der Waals surface area contributed by atoms with Crippen LogP contribution in [0.2, 0.25) is 0 Å². The van der Waals surface area contributed by atoms with E-state index in [0.717, 1.165) is 0 Å². The Morgan fingerprint density at radius 3 is 2.47 bits per heavy atom. The van der Waals surface area contributed by atoms with Crippen LogP contribution in [0.3, 0.4) is 0 Å². The molecule has 0 unspecified atom stereocenters. The Morgan fingerprint density at radius 2 is 1.84 bits per heavy atom. The molecule has 0 saturated heterocycles. The molecule has 1 aliphatic heterocycles. The third kappa shape index (κ3) is 2.81. The van der Waals surface area contributed by atoms with Gasteiger partial charge in [-0.05, 0) is 33.0 Å². The number of hydrogen-bond acceptors (Lipinski definition) is 4. The number of carbonyl (C=O) groups is 1. The second-order valence-corrected chi connectivity index (χ2v) is 5.59. The number of rotatable bonds is 3. The fourth-order valence-electron chi connectivity index (χ4n) is 1.70. The van der Waals surface area contributed by atoms with Gasteiger partial charge in [0.05, 0.1) is 5.54 Å². The lowest BCUT2D eigenvalue weighted by atomic mass is 10.1. The minimum absolute atomic E-state index is 0.104. The molecule has 2 rings (SSSR count). The SMILES string of the molecule is CNC(C)(C)C(=O)Nc1ccc2c(c1)OC(C)(C)O2. The molecule has 0 fully saturated rings. The molecule has 1 aliphatic rings. The van der Waals surface area contributed by atoms with Gasteiger partial charge in [-0.25, -0.2) is 0 Å². The molecule has 0 aliphatic carbocycles. The van der Waals surface area contributed by atoms with E-state index in [1.807, 2.05) is 27.7 Å². The number of ether oxygens (including phenoxy) is 2. The predicted molar refractivity (Wildman–Crippen MR) is 73.5 cm³/mol. The summed E-state index contributed by atoms with van der Waals surface area (Å²) in [6.45, 7) is 7.32. The first-order chi connectivity index (χ1) is 8.73. The van der Waals surface area contributed by atoms with E-state index < -0.39 is 11.3 Å². The number of fused-ring (bicyclic) bond motifs is 1. The van der Waals surface area contributed by atoms with Crippen LogP contribution in [-0.4, -0.2) is 24.3 Å². The second kappa shape index (κ2) is 4.42. The van der Waals surface area contributed by atoms with E-state index in [2.05, 4.69) is 10.6 Å². The van der Waals surface area contributed by atoms with Crippen molar-refractivity contribution in [2.75, 3.05) is 12.4 Å². The molecular weight excluding hydrogens is 244 g/mol. The van der Waals surface area contributed by atoms with E-state index in [1.165, 1.54) is 0 Å².